The number of likely N-dealkylation sites (N-methyl/N-ethyl adjacent to an activating group) is 1. The van der Waals surface area contributed by atoms with Crippen molar-refractivity contribution in [2.75, 3.05) is 11.9 Å². The van der Waals surface area contributed by atoms with Gasteiger partial charge >= 0.3 is 0 Å². The molecule has 0 N–H and O–H groups in total. The highest BCUT2D eigenvalue weighted by atomic mass is 32.1. The fourth-order valence-electron chi connectivity index (χ4n) is 4.39. The van der Waals surface area contributed by atoms with Crippen LogP contribution in [0.15, 0.2) is 83.9 Å². The summed E-state index contributed by atoms with van der Waals surface area (Å²) >= 11 is 1.63. The van der Waals surface area contributed by atoms with Gasteiger partial charge in [0.15, 0.2) is 5.78 Å². The summed E-state index contributed by atoms with van der Waals surface area (Å²) in [6, 6.07) is 22.2. The van der Waals surface area contributed by atoms with Crippen LogP contribution in [0.5, 0.6) is 0 Å². The van der Waals surface area contributed by atoms with Crippen LogP contribution in [-0.4, -0.2) is 17.8 Å². The van der Waals surface area contributed by atoms with Gasteiger partial charge < -0.3 is 4.90 Å². The standard InChI is InChI=1S/C26H22N2OS/c1-26(2)19-10-5-7-12-22(19)28(3)25(26)16-23(29)18-15-21(24-13-8-14-30-24)27-20-11-6-4-9-17(18)20/h4-16H,1-3H3. The number of para-hydroxylation sites is 2. The SMILES string of the molecule is CN1C(=CC(=O)c2cc(-c3cccs3)nc3ccccc23)C(C)(C)c2ccccc21. The van der Waals surface area contributed by atoms with Crippen LogP contribution in [0.4, 0.5) is 5.69 Å². The fourth-order valence-corrected chi connectivity index (χ4v) is 5.08. The number of anilines is 1. The molecule has 0 amide bonds. The smallest absolute Gasteiger partial charge is 0.188 e. The molecule has 0 aliphatic carbocycles. The van der Waals surface area contributed by atoms with Crippen molar-refractivity contribution in [2.45, 2.75) is 19.3 Å². The van der Waals surface area contributed by atoms with Crippen molar-refractivity contribution in [2.24, 2.45) is 0 Å². The van der Waals surface area contributed by atoms with Gasteiger partial charge in [-0.25, -0.2) is 4.98 Å². The minimum Gasteiger partial charge on any atom is -0.347 e. The molecular weight excluding hydrogens is 388 g/mol. The van der Waals surface area contributed by atoms with Crippen LogP contribution in [-0.2, 0) is 5.41 Å². The predicted octanol–water partition coefficient (Wildman–Crippen LogP) is 6.46. The van der Waals surface area contributed by atoms with Crippen molar-refractivity contribution in [3.05, 3.63) is 95.0 Å². The molecule has 4 aromatic rings. The van der Waals surface area contributed by atoms with Crippen LogP contribution in [0.25, 0.3) is 21.5 Å². The Labute approximate surface area is 180 Å². The van der Waals surface area contributed by atoms with Gasteiger partial charge in [0.2, 0.25) is 0 Å². The number of pyridine rings is 1. The van der Waals surface area contributed by atoms with E-state index in [2.05, 4.69) is 36.9 Å². The second-order valence-corrected chi connectivity index (χ2v) is 9.09. The Morgan fingerprint density at radius 3 is 2.57 bits per heavy atom. The quantitative estimate of drug-likeness (QED) is 0.287. The second kappa shape index (κ2) is 6.92. The molecule has 4 heteroatoms. The Hall–Kier alpha value is -3.24. The number of thiophene rings is 1. The third kappa shape index (κ3) is 2.87. The summed E-state index contributed by atoms with van der Waals surface area (Å²) in [6.45, 7) is 4.35. The number of aromatic nitrogens is 1. The van der Waals surface area contributed by atoms with Gasteiger partial charge in [0.05, 0.1) is 16.1 Å². The molecule has 0 saturated heterocycles. The van der Waals surface area contributed by atoms with Crippen molar-refractivity contribution >= 4 is 33.7 Å². The number of benzene rings is 2. The van der Waals surface area contributed by atoms with E-state index in [1.165, 1.54) is 5.56 Å². The summed E-state index contributed by atoms with van der Waals surface area (Å²) in [5.74, 6) is 0.00846. The molecule has 0 atom stereocenters. The normalized spacial score (nSPS) is 16.2. The lowest BCUT2D eigenvalue weighted by Crippen LogP contribution is -2.24. The molecule has 0 saturated carbocycles. The number of carbonyl (C=O) groups is 1. The molecule has 0 bridgehead atoms. The summed E-state index contributed by atoms with van der Waals surface area (Å²) in [5, 5.41) is 2.92. The van der Waals surface area contributed by atoms with E-state index >= 15 is 0 Å². The number of hydrogen-bond acceptors (Lipinski definition) is 4. The highest BCUT2D eigenvalue weighted by Crippen LogP contribution is 2.46. The average Bonchev–Trinajstić information content (AvgIpc) is 3.36. The molecule has 3 heterocycles. The van der Waals surface area contributed by atoms with Crippen LogP contribution in [0.3, 0.4) is 0 Å². The van der Waals surface area contributed by atoms with E-state index in [4.69, 9.17) is 4.98 Å². The molecule has 148 valence electrons. The maximum Gasteiger partial charge on any atom is 0.188 e. The van der Waals surface area contributed by atoms with Gasteiger partial charge in [-0.3, -0.25) is 4.79 Å². The number of fused-ring (bicyclic) bond motifs is 2. The van der Waals surface area contributed by atoms with E-state index in [0.29, 0.717) is 5.56 Å². The minimum absolute atomic E-state index is 0.00846. The highest BCUT2D eigenvalue weighted by Gasteiger charge is 2.38. The van der Waals surface area contributed by atoms with E-state index in [0.717, 1.165) is 32.9 Å². The van der Waals surface area contributed by atoms with Gasteiger partial charge in [0, 0.05) is 40.9 Å². The number of nitrogens with zero attached hydrogens (tertiary/aromatic N) is 2. The number of carbonyl (C=O) groups excluding carboxylic acids is 1. The van der Waals surface area contributed by atoms with Gasteiger partial charge in [0.25, 0.3) is 0 Å². The third-order valence-electron chi connectivity index (χ3n) is 5.96. The molecule has 0 spiro atoms. The summed E-state index contributed by atoms with van der Waals surface area (Å²) < 4.78 is 0. The molecule has 1 aliphatic heterocycles. The van der Waals surface area contributed by atoms with Crippen molar-refractivity contribution in [1.29, 1.82) is 0 Å². The van der Waals surface area contributed by atoms with Gasteiger partial charge in [0.1, 0.15) is 0 Å². The Bertz CT molecular complexity index is 1300. The average molecular weight is 411 g/mol. The van der Waals surface area contributed by atoms with Crippen molar-refractivity contribution < 1.29 is 4.79 Å². The first kappa shape index (κ1) is 18.8. The summed E-state index contributed by atoms with van der Waals surface area (Å²) in [7, 11) is 2.04. The molecule has 30 heavy (non-hydrogen) atoms. The predicted molar refractivity (Wildman–Crippen MR) is 125 cm³/mol. The van der Waals surface area contributed by atoms with Gasteiger partial charge in [-0.1, -0.05) is 56.3 Å². The van der Waals surface area contributed by atoms with E-state index in [-0.39, 0.29) is 11.2 Å². The zero-order chi connectivity index (χ0) is 20.9. The van der Waals surface area contributed by atoms with E-state index in [1.807, 2.05) is 61.0 Å². The van der Waals surface area contributed by atoms with Gasteiger partial charge in [-0.15, -0.1) is 11.3 Å². The molecule has 1 aliphatic rings. The maximum atomic E-state index is 13.6. The lowest BCUT2D eigenvalue weighted by Gasteiger charge is -2.24. The topological polar surface area (TPSA) is 33.2 Å². The Kier molecular flexibility index (Phi) is 4.33. The zero-order valence-electron chi connectivity index (χ0n) is 17.2. The summed E-state index contributed by atoms with van der Waals surface area (Å²) in [4.78, 5) is 21.6. The Morgan fingerprint density at radius 2 is 1.80 bits per heavy atom. The van der Waals surface area contributed by atoms with Crippen LogP contribution in [0.1, 0.15) is 29.8 Å². The minimum atomic E-state index is -0.236. The van der Waals surface area contributed by atoms with Crippen LogP contribution >= 0.6 is 11.3 Å². The van der Waals surface area contributed by atoms with E-state index < -0.39 is 0 Å². The van der Waals surface area contributed by atoms with Crippen molar-refractivity contribution in [3.63, 3.8) is 0 Å². The Morgan fingerprint density at radius 1 is 1.03 bits per heavy atom. The van der Waals surface area contributed by atoms with Crippen molar-refractivity contribution in [3.8, 4) is 10.6 Å². The molecule has 3 nitrogen and oxygen atoms in total. The third-order valence-corrected chi connectivity index (χ3v) is 6.86. The van der Waals surface area contributed by atoms with E-state index in [9.17, 15) is 4.79 Å². The number of allylic oxidation sites excluding steroid dienone is 2. The molecular formula is C26H22N2OS. The van der Waals surface area contributed by atoms with Crippen LogP contribution in [0.2, 0.25) is 0 Å². The zero-order valence-corrected chi connectivity index (χ0v) is 18.0. The first-order valence-electron chi connectivity index (χ1n) is 10.0. The summed E-state index contributed by atoms with van der Waals surface area (Å²) in [6.07, 6.45) is 1.81. The van der Waals surface area contributed by atoms with Gasteiger partial charge in [-0.05, 0) is 35.2 Å². The van der Waals surface area contributed by atoms with Crippen LogP contribution in [0, 0.1) is 0 Å². The lowest BCUT2D eigenvalue weighted by molar-refractivity contribution is 0.104. The number of hydrogen-bond donors (Lipinski definition) is 0. The fraction of sp³-hybridized carbons (Fsp3) is 0.154. The number of ketones is 1. The molecule has 0 unspecified atom stereocenters. The second-order valence-electron chi connectivity index (χ2n) is 8.14. The van der Waals surface area contributed by atoms with Crippen LogP contribution < -0.4 is 4.90 Å². The van der Waals surface area contributed by atoms with E-state index in [1.54, 1.807) is 17.4 Å². The Balaban J connectivity index is 1.66. The molecule has 5 rings (SSSR count). The first-order chi connectivity index (χ1) is 14.5. The number of rotatable bonds is 3. The largest absolute Gasteiger partial charge is 0.347 e. The molecule has 2 aromatic heterocycles. The molecule has 0 radical (unpaired) electrons. The lowest BCUT2D eigenvalue weighted by atomic mass is 9.83. The highest BCUT2D eigenvalue weighted by molar-refractivity contribution is 7.13. The molecule has 2 aromatic carbocycles. The maximum absolute atomic E-state index is 13.6. The van der Waals surface area contributed by atoms with Crippen molar-refractivity contribution in [1.82, 2.24) is 4.98 Å². The molecule has 0 fully saturated rings. The first-order valence-corrected chi connectivity index (χ1v) is 10.9. The van der Waals surface area contributed by atoms with Gasteiger partial charge in [-0.2, -0.15) is 0 Å². The summed E-state index contributed by atoms with van der Waals surface area (Å²) in [5.41, 5.74) is 5.54. The monoisotopic (exact) mass is 410 g/mol.